The number of rotatable bonds is 8. The Kier molecular flexibility index (Phi) is 7.35. The van der Waals surface area contributed by atoms with Gasteiger partial charge in [-0.15, -0.1) is 0 Å². The van der Waals surface area contributed by atoms with E-state index in [0.29, 0.717) is 34.9 Å². The normalized spacial score (nSPS) is 15.2. The van der Waals surface area contributed by atoms with Gasteiger partial charge in [-0.2, -0.15) is 0 Å². The first-order valence-corrected chi connectivity index (χ1v) is 13.1. The molecule has 188 valence electrons. The van der Waals surface area contributed by atoms with Crippen molar-refractivity contribution in [3.8, 4) is 11.5 Å². The quantitative estimate of drug-likeness (QED) is 0.479. The number of sulfonamides is 1. The van der Waals surface area contributed by atoms with Crippen LogP contribution >= 0.6 is 0 Å². The average Bonchev–Trinajstić information content (AvgIpc) is 2.89. The Labute approximate surface area is 212 Å². The maximum atomic E-state index is 13.9. The van der Waals surface area contributed by atoms with E-state index in [1.807, 2.05) is 67.6 Å². The minimum atomic E-state index is -4.18. The van der Waals surface area contributed by atoms with Crippen molar-refractivity contribution in [2.75, 3.05) is 25.1 Å². The molecule has 0 aromatic heterocycles. The van der Waals surface area contributed by atoms with Crippen LogP contribution in [-0.4, -0.2) is 35.1 Å². The third-order valence-corrected chi connectivity index (χ3v) is 8.29. The molecule has 3 aromatic carbocycles. The monoisotopic (exact) mass is 506 g/mol. The molecule has 0 bridgehead atoms. The average molecular weight is 507 g/mol. The van der Waals surface area contributed by atoms with Crippen LogP contribution in [0.5, 0.6) is 11.5 Å². The molecule has 1 aliphatic rings. The van der Waals surface area contributed by atoms with Crippen molar-refractivity contribution in [1.82, 2.24) is 5.32 Å². The van der Waals surface area contributed by atoms with E-state index in [1.54, 1.807) is 19.1 Å². The summed E-state index contributed by atoms with van der Waals surface area (Å²) in [7, 11) is -1.16. The minimum absolute atomic E-state index is 0.0133. The van der Waals surface area contributed by atoms with Crippen LogP contribution in [0.4, 0.5) is 5.69 Å². The maximum absolute atomic E-state index is 13.9. The first-order valence-electron chi connectivity index (χ1n) is 11.6. The van der Waals surface area contributed by atoms with Gasteiger partial charge in [0.05, 0.1) is 26.5 Å². The fourth-order valence-electron chi connectivity index (χ4n) is 4.36. The molecule has 0 fully saturated rings. The number of carbonyl (C=O) groups excluding carboxylic acids is 1. The van der Waals surface area contributed by atoms with Crippen molar-refractivity contribution >= 4 is 27.2 Å². The molecule has 36 heavy (non-hydrogen) atoms. The van der Waals surface area contributed by atoms with E-state index in [9.17, 15) is 13.2 Å². The number of hydrogen-bond donors (Lipinski definition) is 1. The number of benzene rings is 3. The molecule has 0 spiro atoms. The predicted molar refractivity (Wildman–Crippen MR) is 142 cm³/mol. The molecule has 0 radical (unpaired) electrons. The zero-order valence-electron chi connectivity index (χ0n) is 20.8. The highest BCUT2D eigenvalue weighted by atomic mass is 32.2. The van der Waals surface area contributed by atoms with Crippen molar-refractivity contribution < 1.29 is 22.7 Å². The highest BCUT2D eigenvalue weighted by molar-refractivity contribution is 7.97. The van der Waals surface area contributed by atoms with Gasteiger partial charge in [-0.3, -0.25) is 9.10 Å². The minimum Gasteiger partial charge on any atom is -0.493 e. The number of ether oxygens (including phenoxy) is 2. The summed E-state index contributed by atoms with van der Waals surface area (Å²) < 4.78 is 40.0. The Morgan fingerprint density at radius 3 is 2.14 bits per heavy atom. The summed E-state index contributed by atoms with van der Waals surface area (Å²) in [5, 5.41) is 2.84. The third-order valence-electron chi connectivity index (χ3n) is 6.38. The summed E-state index contributed by atoms with van der Waals surface area (Å²) in [5.41, 5.74) is 3.24. The van der Waals surface area contributed by atoms with Gasteiger partial charge in [-0.05, 0) is 35.6 Å². The van der Waals surface area contributed by atoms with E-state index in [0.717, 1.165) is 11.1 Å². The van der Waals surface area contributed by atoms with Crippen LogP contribution < -0.4 is 19.1 Å². The van der Waals surface area contributed by atoms with Crippen molar-refractivity contribution in [2.24, 2.45) is 0 Å². The molecule has 3 aromatic rings. The smallest absolute Gasteiger partial charge is 0.270 e. The van der Waals surface area contributed by atoms with Gasteiger partial charge in [-0.1, -0.05) is 67.6 Å². The van der Waals surface area contributed by atoms with Crippen molar-refractivity contribution in [3.05, 3.63) is 94.4 Å². The van der Waals surface area contributed by atoms with Crippen molar-refractivity contribution in [1.29, 1.82) is 0 Å². The van der Waals surface area contributed by atoms with E-state index in [2.05, 4.69) is 5.32 Å². The molecular weight excluding hydrogens is 476 g/mol. The summed E-state index contributed by atoms with van der Waals surface area (Å²) >= 11 is 0. The van der Waals surface area contributed by atoms with Gasteiger partial charge in [0.1, 0.15) is 0 Å². The highest BCUT2D eigenvalue weighted by Crippen LogP contribution is 2.45. The van der Waals surface area contributed by atoms with Gasteiger partial charge >= 0.3 is 0 Å². The van der Waals surface area contributed by atoms with Gasteiger partial charge < -0.3 is 14.8 Å². The SMILES string of the molecule is COc1cc2c(cc1OC)N(Cc1ccccc1)S(=O)(=O)C(C(=O)NCC(C)c1ccccc1)=C2C. The topological polar surface area (TPSA) is 84.9 Å². The van der Waals surface area contributed by atoms with Crippen LogP contribution in [0, 0.1) is 0 Å². The molecular formula is C28H30N2O5S. The Hall–Kier alpha value is -3.78. The summed E-state index contributed by atoms with van der Waals surface area (Å²) in [4.78, 5) is 13.1. The fraction of sp³-hybridized carbons (Fsp3) is 0.250. The van der Waals surface area contributed by atoms with Gasteiger partial charge in [0.15, 0.2) is 16.4 Å². The van der Waals surface area contributed by atoms with E-state index < -0.39 is 15.9 Å². The Bertz CT molecular complexity index is 1390. The number of amides is 1. The number of methoxy groups -OCH3 is 2. The molecule has 0 aliphatic carbocycles. The van der Waals surface area contributed by atoms with Crippen molar-refractivity contribution in [3.63, 3.8) is 0 Å². The van der Waals surface area contributed by atoms with Crippen LogP contribution in [0.25, 0.3) is 5.57 Å². The highest BCUT2D eigenvalue weighted by Gasteiger charge is 2.40. The number of anilines is 1. The first kappa shape index (κ1) is 25.3. The Morgan fingerprint density at radius 2 is 1.53 bits per heavy atom. The molecule has 0 saturated heterocycles. The number of allylic oxidation sites excluding steroid dienone is 1. The van der Waals surface area contributed by atoms with Gasteiger partial charge in [0, 0.05) is 18.2 Å². The van der Waals surface area contributed by atoms with Gasteiger partial charge in [0.2, 0.25) is 0 Å². The van der Waals surface area contributed by atoms with Crippen LogP contribution in [0.2, 0.25) is 0 Å². The van der Waals surface area contributed by atoms with Crippen LogP contribution in [0.1, 0.15) is 36.5 Å². The first-order chi connectivity index (χ1) is 17.3. The molecule has 1 atom stereocenters. The number of nitrogens with one attached hydrogen (secondary N) is 1. The van der Waals surface area contributed by atoms with E-state index in [-0.39, 0.29) is 17.4 Å². The Balaban J connectivity index is 1.77. The van der Waals surface area contributed by atoms with E-state index >= 15 is 0 Å². The van der Waals surface area contributed by atoms with Crippen molar-refractivity contribution in [2.45, 2.75) is 26.3 Å². The number of fused-ring (bicyclic) bond motifs is 1. The lowest BCUT2D eigenvalue weighted by Gasteiger charge is -2.33. The summed E-state index contributed by atoms with van der Waals surface area (Å²) in [6, 6.07) is 22.4. The van der Waals surface area contributed by atoms with E-state index in [4.69, 9.17) is 9.47 Å². The molecule has 1 N–H and O–H groups in total. The van der Waals surface area contributed by atoms with Crippen LogP contribution in [0.3, 0.4) is 0 Å². The standard InChI is InChI=1S/C28H30N2O5S/c1-19(22-13-9-6-10-14-22)17-29-28(31)27-20(2)23-15-25(34-3)26(35-4)16-24(23)30(36(27,32)33)18-21-11-7-5-8-12-21/h5-16,19H,17-18H2,1-4H3,(H,29,31). The largest absolute Gasteiger partial charge is 0.493 e. The van der Waals surface area contributed by atoms with Crippen LogP contribution in [0.15, 0.2) is 77.7 Å². The molecule has 1 heterocycles. The lowest BCUT2D eigenvalue weighted by atomic mass is 10.0. The number of nitrogens with zero attached hydrogens (tertiary/aromatic N) is 1. The summed E-state index contributed by atoms with van der Waals surface area (Å²) in [6.07, 6.45) is 0. The zero-order valence-corrected chi connectivity index (χ0v) is 21.6. The molecule has 1 aliphatic heterocycles. The molecule has 1 amide bonds. The second-order valence-electron chi connectivity index (χ2n) is 8.70. The maximum Gasteiger partial charge on any atom is 0.270 e. The van der Waals surface area contributed by atoms with E-state index in [1.165, 1.54) is 18.5 Å². The predicted octanol–water partition coefficient (Wildman–Crippen LogP) is 4.70. The number of carbonyl (C=O) groups is 1. The molecule has 7 nitrogen and oxygen atoms in total. The second-order valence-corrected chi connectivity index (χ2v) is 10.5. The summed E-state index contributed by atoms with van der Waals surface area (Å²) in [5.74, 6) is 0.238. The lowest BCUT2D eigenvalue weighted by molar-refractivity contribution is -0.116. The molecule has 0 saturated carbocycles. The lowest BCUT2D eigenvalue weighted by Crippen LogP contribution is -2.41. The van der Waals surface area contributed by atoms with Crippen LogP contribution in [-0.2, 0) is 21.4 Å². The molecule has 1 unspecified atom stereocenters. The molecule has 4 rings (SSSR count). The summed E-state index contributed by atoms with van der Waals surface area (Å²) in [6.45, 7) is 4.00. The second kappa shape index (κ2) is 10.5. The molecule has 8 heteroatoms. The van der Waals surface area contributed by atoms with Gasteiger partial charge in [0.25, 0.3) is 15.9 Å². The number of hydrogen-bond acceptors (Lipinski definition) is 5. The van der Waals surface area contributed by atoms with Gasteiger partial charge in [-0.25, -0.2) is 8.42 Å². The third kappa shape index (κ3) is 4.81. The Morgan fingerprint density at radius 1 is 0.944 bits per heavy atom. The zero-order chi connectivity index (χ0) is 25.9. The fourth-order valence-corrected chi connectivity index (χ4v) is 6.12.